The number of nitrogens with zero attached hydrogens (tertiary/aromatic N) is 2. The zero-order valence-corrected chi connectivity index (χ0v) is 18.2. The Morgan fingerprint density at radius 1 is 1.07 bits per heavy atom. The van der Waals surface area contributed by atoms with Crippen molar-refractivity contribution in [3.8, 4) is 0 Å². The van der Waals surface area contributed by atoms with Gasteiger partial charge in [-0.25, -0.2) is 4.79 Å². The average Bonchev–Trinajstić information content (AvgIpc) is 2.71. The van der Waals surface area contributed by atoms with Crippen LogP contribution in [0.15, 0.2) is 18.2 Å². The number of aryl methyl sites for hydroxylation is 1. The van der Waals surface area contributed by atoms with E-state index in [2.05, 4.69) is 29.4 Å². The van der Waals surface area contributed by atoms with Gasteiger partial charge in [-0.15, -0.1) is 0 Å². The summed E-state index contributed by atoms with van der Waals surface area (Å²) in [5.74, 6) is 0.791. The lowest BCUT2D eigenvalue weighted by Gasteiger charge is -2.32. The van der Waals surface area contributed by atoms with E-state index in [0.29, 0.717) is 11.5 Å². The standard InChI is InChI=1S/C23H36N4O2/c1-4-11-26-12-9-20(10-13-26)24-23(29)25-21-6-5-19(16-18(21)3)22(28)27-14-7-17(2)8-15-27/h5-6,16-17,20H,4,7-15H2,1-3H3,(H2,24,25,29). The Kier molecular flexibility index (Phi) is 7.53. The zero-order valence-electron chi connectivity index (χ0n) is 18.2. The maximum atomic E-state index is 12.8. The Balaban J connectivity index is 1.51. The highest BCUT2D eigenvalue weighted by atomic mass is 16.2. The molecule has 6 heteroatoms. The van der Waals surface area contributed by atoms with Crippen molar-refractivity contribution in [2.75, 3.05) is 38.0 Å². The van der Waals surface area contributed by atoms with Crippen LogP contribution in [0.3, 0.4) is 0 Å². The second kappa shape index (κ2) is 10.1. The van der Waals surface area contributed by atoms with Crippen LogP contribution in [0.25, 0.3) is 0 Å². The van der Waals surface area contributed by atoms with Gasteiger partial charge in [0.25, 0.3) is 5.91 Å². The molecule has 1 aromatic rings. The summed E-state index contributed by atoms with van der Waals surface area (Å²) >= 11 is 0. The molecule has 0 radical (unpaired) electrons. The molecular formula is C23H36N4O2. The van der Waals surface area contributed by atoms with E-state index in [4.69, 9.17) is 0 Å². The van der Waals surface area contributed by atoms with Crippen LogP contribution in [0, 0.1) is 12.8 Å². The highest BCUT2D eigenvalue weighted by Crippen LogP contribution is 2.21. The maximum Gasteiger partial charge on any atom is 0.319 e. The normalized spacial score (nSPS) is 19.2. The molecule has 0 atom stereocenters. The number of carbonyl (C=O) groups is 2. The summed E-state index contributed by atoms with van der Waals surface area (Å²) in [6.07, 6.45) is 5.31. The van der Waals surface area contributed by atoms with Crippen molar-refractivity contribution in [2.45, 2.75) is 58.9 Å². The number of piperidine rings is 2. The molecule has 6 nitrogen and oxygen atoms in total. The van der Waals surface area contributed by atoms with E-state index in [-0.39, 0.29) is 18.0 Å². The van der Waals surface area contributed by atoms with Crippen LogP contribution in [-0.2, 0) is 0 Å². The minimum atomic E-state index is -0.161. The molecule has 0 aromatic heterocycles. The fourth-order valence-electron chi connectivity index (χ4n) is 4.29. The Morgan fingerprint density at radius 3 is 2.38 bits per heavy atom. The van der Waals surface area contributed by atoms with Crippen molar-refractivity contribution in [2.24, 2.45) is 5.92 Å². The first-order valence-electron chi connectivity index (χ1n) is 11.2. The molecule has 2 saturated heterocycles. The largest absolute Gasteiger partial charge is 0.339 e. The van der Waals surface area contributed by atoms with Crippen LogP contribution in [0.1, 0.15) is 61.9 Å². The van der Waals surface area contributed by atoms with Gasteiger partial charge in [-0.1, -0.05) is 13.8 Å². The number of anilines is 1. The SMILES string of the molecule is CCCN1CCC(NC(=O)Nc2ccc(C(=O)N3CCC(C)CC3)cc2C)CC1. The van der Waals surface area contributed by atoms with Gasteiger partial charge in [0.05, 0.1) is 0 Å². The van der Waals surface area contributed by atoms with E-state index in [0.717, 1.165) is 69.7 Å². The molecule has 0 saturated carbocycles. The molecule has 29 heavy (non-hydrogen) atoms. The number of carbonyl (C=O) groups excluding carboxylic acids is 2. The molecule has 0 unspecified atom stereocenters. The van der Waals surface area contributed by atoms with Gasteiger partial charge in [-0.3, -0.25) is 4.79 Å². The van der Waals surface area contributed by atoms with Gasteiger partial charge in [0.15, 0.2) is 0 Å². The predicted molar refractivity (Wildman–Crippen MR) is 117 cm³/mol. The lowest BCUT2D eigenvalue weighted by atomic mass is 9.98. The number of benzene rings is 1. The molecule has 2 heterocycles. The third-order valence-electron chi connectivity index (χ3n) is 6.26. The lowest BCUT2D eigenvalue weighted by molar-refractivity contribution is 0.0697. The minimum Gasteiger partial charge on any atom is -0.339 e. The molecule has 1 aromatic carbocycles. The van der Waals surface area contributed by atoms with Gasteiger partial charge >= 0.3 is 6.03 Å². The van der Waals surface area contributed by atoms with Gasteiger partial charge in [0.2, 0.25) is 0 Å². The average molecular weight is 401 g/mol. The molecule has 2 aliphatic heterocycles. The van der Waals surface area contributed by atoms with Crippen LogP contribution in [-0.4, -0.2) is 60.5 Å². The van der Waals surface area contributed by atoms with Crippen LogP contribution in [0.2, 0.25) is 0 Å². The van der Waals surface area contributed by atoms with Crippen molar-refractivity contribution >= 4 is 17.6 Å². The number of amides is 3. The highest BCUT2D eigenvalue weighted by molar-refractivity contribution is 5.96. The monoisotopic (exact) mass is 400 g/mol. The van der Waals surface area contributed by atoms with Crippen LogP contribution in [0.5, 0.6) is 0 Å². The molecule has 2 fully saturated rings. The van der Waals surface area contributed by atoms with Crippen molar-refractivity contribution in [3.05, 3.63) is 29.3 Å². The van der Waals surface area contributed by atoms with Gasteiger partial charge in [-0.2, -0.15) is 0 Å². The Labute approximate surface area is 175 Å². The van der Waals surface area contributed by atoms with Crippen molar-refractivity contribution in [3.63, 3.8) is 0 Å². The second-order valence-corrected chi connectivity index (χ2v) is 8.72. The predicted octanol–water partition coefficient (Wildman–Crippen LogP) is 3.86. The third-order valence-corrected chi connectivity index (χ3v) is 6.26. The number of hydrogen-bond acceptors (Lipinski definition) is 3. The Morgan fingerprint density at radius 2 is 1.76 bits per heavy atom. The summed E-state index contributed by atoms with van der Waals surface area (Å²) < 4.78 is 0. The molecule has 2 N–H and O–H groups in total. The minimum absolute atomic E-state index is 0.0924. The fourth-order valence-corrected chi connectivity index (χ4v) is 4.29. The second-order valence-electron chi connectivity index (χ2n) is 8.72. The Bertz CT molecular complexity index is 705. The summed E-state index contributed by atoms with van der Waals surface area (Å²) in [7, 11) is 0. The van der Waals surface area contributed by atoms with E-state index < -0.39 is 0 Å². The number of likely N-dealkylation sites (tertiary alicyclic amines) is 2. The van der Waals surface area contributed by atoms with Crippen molar-refractivity contribution in [1.29, 1.82) is 0 Å². The molecule has 2 aliphatic rings. The molecule has 3 rings (SSSR count). The van der Waals surface area contributed by atoms with E-state index >= 15 is 0 Å². The van der Waals surface area contributed by atoms with Gasteiger partial charge in [-0.05, 0) is 75.3 Å². The molecule has 0 aliphatic carbocycles. The first-order chi connectivity index (χ1) is 14.0. The molecular weight excluding hydrogens is 364 g/mol. The summed E-state index contributed by atoms with van der Waals surface area (Å²) in [6, 6.07) is 5.63. The van der Waals surface area contributed by atoms with Crippen molar-refractivity contribution in [1.82, 2.24) is 15.1 Å². The first-order valence-corrected chi connectivity index (χ1v) is 11.2. The van der Waals surface area contributed by atoms with E-state index in [1.54, 1.807) is 0 Å². The van der Waals surface area contributed by atoms with Crippen LogP contribution >= 0.6 is 0 Å². The summed E-state index contributed by atoms with van der Waals surface area (Å²) in [4.78, 5) is 29.6. The van der Waals surface area contributed by atoms with E-state index in [1.807, 2.05) is 30.0 Å². The van der Waals surface area contributed by atoms with Crippen LogP contribution < -0.4 is 10.6 Å². The van der Waals surface area contributed by atoms with Gasteiger partial charge < -0.3 is 20.4 Å². The first kappa shape index (κ1) is 21.6. The fraction of sp³-hybridized carbons (Fsp3) is 0.652. The molecule has 0 spiro atoms. The summed E-state index contributed by atoms with van der Waals surface area (Å²) in [5, 5.41) is 6.06. The van der Waals surface area contributed by atoms with E-state index in [1.165, 1.54) is 6.42 Å². The molecule has 0 bridgehead atoms. The maximum absolute atomic E-state index is 12.8. The highest BCUT2D eigenvalue weighted by Gasteiger charge is 2.23. The third kappa shape index (κ3) is 5.95. The summed E-state index contributed by atoms with van der Waals surface area (Å²) in [6.45, 7) is 11.3. The van der Waals surface area contributed by atoms with Crippen LogP contribution in [0.4, 0.5) is 10.5 Å². The smallest absolute Gasteiger partial charge is 0.319 e. The van der Waals surface area contributed by atoms with Crippen molar-refractivity contribution < 1.29 is 9.59 Å². The summed E-state index contributed by atoms with van der Waals surface area (Å²) in [5.41, 5.74) is 2.37. The van der Waals surface area contributed by atoms with E-state index in [9.17, 15) is 9.59 Å². The number of rotatable bonds is 5. The topological polar surface area (TPSA) is 64.7 Å². The van der Waals surface area contributed by atoms with Gasteiger partial charge in [0.1, 0.15) is 0 Å². The lowest BCUT2D eigenvalue weighted by Crippen LogP contribution is -2.46. The zero-order chi connectivity index (χ0) is 20.8. The molecule has 3 amide bonds. The number of urea groups is 1. The number of nitrogens with one attached hydrogen (secondary N) is 2. The quantitative estimate of drug-likeness (QED) is 0.789. The Hall–Kier alpha value is -2.08. The number of hydrogen-bond donors (Lipinski definition) is 2. The molecule has 160 valence electrons. The van der Waals surface area contributed by atoms with Gasteiger partial charge in [0, 0.05) is 43.5 Å².